The van der Waals surface area contributed by atoms with Gasteiger partial charge in [-0.05, 0) is 60.7 Å². The molecule has 1 N–H and O–H groups in total. The molecule has 172 valence electrons. The molecule has 1 heterocycles. The Morgan fingerprint density at radius 1 is 0.971 bits per heavy atom. The Bertz CT molecular complexity index is 1360. The zero-order valence-corrected chi connectivity index (χ0v) is 17.9. The van der Waals surface area contributed by atoms with Gasteiger partial charge in [-0.3, -0.25) is 19.5 Å². The summed E-state index contributed by atoms with van der Waals surface area (Å²) in [6, 6.07) is 14.1. The lowest BCUT2D eigenvalue weighted by Crippen LogP contribution is -2.15. The van der Waals surface area contributed by atoms with Gasteiger partial charge in [0.15, 0.2) is 11.0 Å². The number of amides is 1. The maximum absolute atomic E-state index is 13.5. The Labute approximate surface area is 194 Å². The topological polar surface area (TPSA) is 103 Å². The number of nitro benzene ring substituents is 1. The molecule has 4 aromatic rings. The number of benzene rings is 3. The molecule has 0 radical (unpaired) electrons. The van der Waals surface area contributed by atoms with E-state index in [9.17, 15) is 28.1 Å². The minimum Gasteiger partial charge on any atom is -0.325 e. The van der Waals surface area contributed by atoms with Gasteiger partial charge in [0.2, 0.25) is 11.7 Å². The van der Waals surface area contributed by atoms with E-state index < -0.39 is 34.0 Å². The third-order valence-electron chi connectivity index (χ3n) is 4.58. The number of aromatic nitrogens is 3. The molecule has 4 rings (SSSR count). The second kappa shape index (κ2) is 9.75. The predicted molar refractivity (Wildman–Crippen MR) is 119 cm³/mol. The normalized spacial score (nSPS) is 10.8. The summed E-state index contributed by atoms with van der Waals surface area (Å²) in [5.74, 6) is -2.22. The Kier molecular flexibility index (Phi) is 6.59. The number of nitrogens with zero attached hydrogens (tertiary/aromatic N) is 4. The van der Waals surface area contributed by atoms with E-state index in [0.717, 1.165) is 23.9 Å². The Hall–Kier alpha value is -4.19. The summed E-state index contributed by atoms with van der Waals surface area (Å²) >= 11 is 1.01. The van der Waals surface area contributed by atoms with Crippen LogP contribution in [0.15, 0.2) is 71.9 Å². The molecule has 0 saturated heterocycles. The van der Waals surface area contributed by atoms with Crippen LogP contribution in [0.25, 0.3) is 17.1 Å². The van der Waals surface area contributed by atoms with Gasteiger partial charge >= 0.3 is 5.69 Å². The SMILES string of the molecule is O=C(CSc1nnc(-c2ccc(F)cc2)n1-c1ccc(F)cc1)Nc1ccc(F)c([N+](=O)[O-])c1. The summed E-state index contributed by atoms with van der Waals surface area (Å²) in [5, 5.41) is 21.9. The van der Waals surface area contributed by atoms with Gasteiger partial charge in [0.05, 0.1) is 10.7 Å². The number of hydrogen-bond acceptors (Lipinski definition) is 6. The fourth-order valence-corrected chi connectivity index (χ4v) is 3.78. The number of carbonyl (C=O) groups excluding carboxylic acids is 1. The van der Waals surface area contributed by atoms with Crippen LogP contribution in [0.1, 0.15) is 0 Å². The molecular weight excluding hydrogens is 471 g/mol. The van der Waals surface area contributed by atoms with Crippen molar-refractivity contribution in [2.45, 2.75) is 5.16 Å². The van der Waals surface area contributed by atoms with Crippen molar-refractivity contribution >= 4 is 29.0 Å². The summed E-state index contributed by atoms with van der Waals surface area (Å²) < 4.78 is 41.9. The Balaban J connectivity index is 1.57. The molecule has 1 amide bonds. The molecule has 0 aliphatic heterocycles. The first-order valence-corrected chi connectivity index (χ1v) is 10.6. The molecular formula is C22H14F3N5O3S. The van der Waals surface area contributed by atoms with Crippen molar-refractivity contribution in [2.75, 3.05) is 11.1 Å². The van der Waals surface area contributed by atoms with Gasteiger partial charge in [0.25, 0.3) is 0 Å². The minimum absolute atomic E-state index is 0.0608. The first-order chi connectivity index (χ1) is 16.3. The molecule has 0 bridgehead atoms. The number of thioether (sulfide) groups is 1. The van der Waals surface area contributed by atoms with Crippen LogP contribution in [0.2, 0.25) is 0 Å². The van der Waals surface area contributed by atoms with Crippen LogP contribution < -0.4 is 5.32 Å². The summed E-state index contributed by atoms with van der Waals surface area (Å²) in [6.07, 6.45) is 0. The van der Waals surface area contributed by atoms with E-state index >= 15 is 0 Å². The summed E-state index contributed by atoms with van der Waals surface area (Å²) in [7, 11) is 0. The van der Waals surface area contributed by atoms with Gasteiger partial charge < -0.3 is 5.32 Å². The molecule has 3 aromatic carbocycles. The number of nitrogens with one attached hydrogen (secondary N) is 1. The number of anilines is 1. The zero-order chi connectivity index (χ0) is 24.2. The van der Waals surface area contributed by atoms with Crippen molar-refractivity contribution in [3.63, 3.8) is 0 Å². The lowest BCUT2D eigenvalue weighted by molar-refractivity contribution is -0.387. The second-order valence-corrected chi connectivity index (χ2v) is 7.83. The van der Waals surface area contributed by atoms with E-state index in [1.165, 1.54) is 54.6 Å². The van der Waals surface area contributed by atoms with E-state index in [2.05, 4.69) is 15.5 Å². The molecule has 0 atom stereocenters. The molecule has 0 aliphatic rings. The van der Waals surface area contributed by atoms with Crippen molar-refractivity contribution in [1.82, 2.24) is 14.8 Å². The van der Waals surface area contributed by atoms with Crippen LogP contribution in [0.5, 0.6) is 0 Å². The fourth-order valence-electron chi connectivity index (χ4n) is 3.03. The van der Waals surface area contributed by atoms with Crippen molar-refractivity contribution in [2.24, 2.45) is 0 Å². The highest BCUT2D eigenvalue weighted by Crippen LogP contribution is 2.29. The van der Waals surface area contributed by atoms with Crippen LogP contribution >= 0.6 is 11.8 Å². The average molecular weight is 485 g/mol. The van der Waals surface area contributed by atoms with E-state index in [-0.39, 0.29) is 11.4 Å². The highest BCUT2D eigenvalue weighted by Gasteiger charge is 2.19. The minimum atomic E-state index is -1.02. The first-order valence-electron chi connectivity index (χ1n) is 9.65. The smallest absolute Gasteiger partial charge is 0.306 e. The maximum Gasteiger partial charge on any atom is 0.306 e. The van der Waals surface area contributed by atoms with Crippen molar-refractivity contribution < 1.29 is 22.9 Å². The fraction of sp³-hybridized carbons (Fsp3) is 0.0455. The first kappa shape index (κ1) is 23.0. The third kappa shape index (κ3) is 5.07. The monoisotopic (exact) mass is 485 g/mol. The van der Waals surface area contributed by atoms with Gasteiger partial charge in [-0.1, -0.05) is 11.8 Å². The highest BCUT2D eigenvalue weighted by molar-refractivity contribution is 7.99. The van der Waals surface area contributed by atoms with Crippen LogP contribution in [0.4, 0.5) is 24.5 Å². The molecule has 12 heteroatoms. The van der Waals surface area contributed by atoms with E-state index in [1.807, 2.05) is 0 Å². The quantitative estimate of drug-likeness (QED) is 0.225. The largest absolute Gasteiger partial charge is 0.325 e. The second-order valence-electron chi connectivity index (χ2n) is 6.89. The Morgan fingerprint density at radius 3 is 2.26 bits per heavy atom. The van der Waals surface area contributed by atoms with Gasteiger partial charge in [-0.2, -0.15) is 4.39 Å². The maximum atomic E-state index is 13.5. The summed E-state index contributed by atoms with van der Waals surface area (Å²) in [6.45, 7) is 0. The number of carbonyl (C=O) groups is 1. The summed E-state index contributed by atoms with van der Waals surface area (Å²) in [4.78, 5) is 22.4. The number of hydrogen-bond donors (Lipinski definition) is 1. The molecule has 0 fully saturated rings. The highest BCUT2D eigenvalue weighted by atomic mass is 32.2. The molecule has 0 unspecified atom stereocenters. The molecule has 34 heavy (non-hydrogen) atoms. The van der Waals surface area contributed by atoms with Crippen molar-refractivity contribution in [3.05, 3.63) is 94.3 Å². The van der Waals surface area contributed by atoms with Crippen molar-refractivity contribution in [3.8, 4) is 17.1 Å². The van der Waals surface area contributed by atoms with Gasteiger partial charge in [-0.15, -0.1) is 10.2 Å². The van der Waals surface area contributed by atoms with Crippen LogP contribution in [-0.4, -0.2) is 31.3 Å². The van der Waals surface area contributed by atoms with E-state index in [4.69, 9.17) is 0 Å². The van der Waals surface area contributed by atoms with Crippen LogP contribution in [-0.2, 0) is 4.79 Å². The van der Waals surface area contributed by atoms with Gasteiger partial charge in [0, 0.05) is 23.0 Å². The number of halogens is 3. The van der Waals surface area contributed by atoms with E-state index in [1.54, 1.807) is 4.57 Å². The number of nitro groups is 1. The predicted octanol–water partition coefficient (Wildman–Crippen LogP) is 4.99. The summed E-state index contributed by atoms with van der Waals surface area (Å²) in [5.41, 5.74) is 0.368. The standard InChI is InChI=1S/C22H14F3N5O3S/c23-14-3-1-13(2-4-14)21-27-28-22(29(21)17-8-5-15(24)6-9-17)34-12-20(31)26-16-7-10-18(25)19(11-16)30(32)33/h1-11H,12H2,(H,26,31). The average Bonchev–Trinajstić information content (AvgIpc) is 3.23. The molecule has 8 nitrogen and oxygen atoms in total. The molecule has 1 aromatic heterocycles. The Morgan fingerprint density at radius 2 is 1.62 bits per heavy atom. The van der Waals surface area contributed by atoms with Gasteiger partial charge in [-0.25, -0.2) is 8.78 Å². The van der Waals surface area contributed by atoms with E-state index in [0.29, 0.717) is 22.2 Å². The van der Waals surface area contributed by atoms with Crippen LogP contribution in [0.3, 0.4) is 0 Å². The zero-order valence-electron chi connectivity index (χ0n) is 17.1. The molecule has 0 spiro atoms. The lowest BCUT2D eigenvalue weighted by Gasteiger charge is -2.11. The van der Waals surface area contributed by atoms with Crippen LogP contribution in [0, 0.1) is 27.6 Å². The van der Waals surface area contributed by atoms with Gasteiger partial charge in [0.1, 0.15) is 11.6 Å². The third-order valence-corrected chi connectivity index (χ3v) is 5.51. The lowest BCUT2D eigenvalue weighted by atomic mass is 10.2. The molecule has 0 aliphatic carbocycles. The number of rotatable bonds is 7. The van der Waals surface area contributed by atoms with Crippen molar-refractivity contribution in [1.29, 1.82) is 0 Å². The molecule has 0 saturated carbocycles.